The number of hydrogen-bond acceptors (Lipinski definition) is 3. The molecule has 0 atom stereocenters. The molecule has 1 aromatic heterocycles. The summed E-state index contributed by atoms with van der Waals surface area (Å²) < 4.78 is 50.8. The summed E-state index contributed by atoms with van der Waals surface area (Å²) in [4.78, 5) is 24.6. The second kappa shape index (κ2) is 6.00. The van der Waals surface area contributed by atoms with E-state index in [0.717, 1.165) is 12.1 Å². The third-order valence-corrected chi connectivity index (χ3v) is 2.65. The lowest BCUT2D eigenvalue weighted by molar-refractivity contribution is -0.137. The maximum absolute atomic E-state index is 13.2. The van der Waals surface area contributed by atoms with E-state index in [1.165, 1.54) is 0 Å². The second-order valence-corrected chi connectivity index (χ2v) is 4.42. The standard InChI is InChI=1S/C12H10F4N4O2/c13-8-2-6(1-7(3-8)12(14,15)16)5-17-10(21)4-9-18-11(22)20-19-9/h1-3H,4-5H2,(H,17,21)(H2,18,19,20,22). The molecule has 0 saturated heterocycles. The predicted octanol–water partition coefficient (Wildman–Crippen LogP) is 1.11. The van der Waals surface area contributed by atoms with Crippen LogP contribution in [0.15, 0.2) is 23.0 Å². The predicted molar refractivity (Wildman–Crippen MR) is 66.2 cm³/mol. The van der Waals surface area contributed by atoms with Crippen molar-refractivity contribution in [2.75, 3.05) is 0 Å². The van der Waals surface area contributed by atoms with Gasteiger partial charge in [-0.3, -0.25) is 9.78 Å². The molecule has 0 aliphatic rings. The Morgan fingerprint density at radius 1 is 1.27 bits per heavy atom. The van der Waals surface area contributed by atoms with Crippen molar-refractivity contribution in [3.8, 4) is 0 Å². The van der Waals surface area contributed by atoms with Crippen LogP contribution >= 0.6 is 0 Å². The molecule has 0 spiro atoms. The van der Waals surface area contributed by atoms with Crippen LogP contribution in [0.1, 0.15) is 17.0 Å². The fourth-order valence-corrected chi connectivity index (χ4v) is 1.72. The van der Waals surface area contributed by atoms with Gasteiger partial charge in [-0.1, -0.05) is 0 Å². The number of aromatic amines is 2. The Morgan fingerprint density at radius 3 is 2.59 bits per heavy atom. The maximum atomic E-state index is 13.2. The fraction of sp³-hybridized carbons (Fsp3) is 0.250. The second-order valence-electron chi connectivity index (χ2n) is 4.42. The number of nitrogens with one attached hydrogen (secondary N) is 3. The Hall–Kier alpha value is -2.65. The third kappa shape index (κ3) is 4.17. The number of H-pyrrole nitrogens is 2. The maximum Gasteiger partial charge on any atom is 0.416 e. The van der Waals surface area contributed by atoms with Crippen molar-refractivity contribution in [2.24, 2.45) is 0 Å². The van der Waals surface area contributed by atoms with Gasteiger partial charge in [-0.15, -0.1) is 0 Å². The molecule has 0 aliphatic carbocycles. The lowest BCUT2D eigenvalue weighted by atomic mass is 10.1. The van der Waals surface area contributed by atoms with Crippen LogP contribution < -0.4 is 11.0 Å². The number of alkyl halides is 3. The first kappa shape index (κ1) is 15.7. The summed E-state index contributed by atoms with van der Waals surface area (Å²) in [6, 6.07) is 2.02. The zero-order valence-electron chi connectivity index (χ0n) is 10.9. The van der Waals surface area contributed by atoms with E-state index in [-0.39, 0.29) is 24.4 Å². The SMILES string of the molecule is O=C(Cc1n[nH]c(=O)[nH]1)NCc1cc(F)cc(C(F)(F)F)c1. The highest BCUT2D eigenvalue weighted by molar-refractivity contribution is 5.77. The van der Waals surface area contributed by atoms with Gasteiger partial charge < -0.3 is 5.32 Å². The smallest absolute Gasteiger partial charge is 0.352 e. The number of halogens is 4. The first-order valence-corrected chi connectivity index (χ1v) is 6.01. The molecule has 1 aromatic carbocycles. The van der Waals surface area contributed by atoms with E-state index < -0.39 is 29.2 Å². The van der Waals surface area contributed by atoms with Crippen molar-refractivity contribution >= 4 is 5.91 Å². The molecule has 1 amide bonds. The Bertz CT molecular complexity index is 735. The minimum Gasteiger partial charge on any atom is -0.352 e. The molecule has 118 valence electrons. The molecule has 0 aliphatic heterocycles. The molecule has 6 nitrogen and oxygen atoms in total. The first-order valence-electron chi connectivity index (χ1n) is 6.01. The monoisotopic (exact) mass is 318 g/mol. The van der Waals surface area contributed by atoms with Crippen LogP contribution in [-0.4, -0.2) is 21.1 Å². The van der Waals surface area contributed by atoms with Crippen molar-refractivity contribution in [1.29, 1.82) is 0 Å². The molecule has 2 rings (SSSR count). The average molecular weight is 318 g/mol. The molecule has 0 bridgehead atoms. The van der Waals surface area contributed by atoms with Crippen LogP contribution in [0, 0.1) is 5.82 Å². The molecule has 0 radical (unpaired) electrons. The van der Waals surface area contributed by atoms with Crippen LogP contribution in [-0.2, 0) is 23.9 Å². The van der Waals surface area contributed by atoms with Crippen molar-refractivity contribution in [1.82, 2.24) is 20.5 Å². The van der Waals surface area contributed by atoms with Gasteiger partial charge in [-0.2, -0.15) is 18.3 Å². The lowest BCUT2D eigenvalue weighted by Gasteiger charge is -2.10. The van der Waals surface area contributed by atoms with Crippen LogP contribution in [0.3, 0.4) is 0 Å². The summed E-state index contributed by atoms with van der Waals surface area (Å²) in [6.45, 7) is -0.283. The molecule has 22 heavy (non-hydrogen) atoms. The Morgan fingerprint density at radius 2 is 2.00 bits per heavy atom. The van der Waals surface area contributed by atoms with Crippen molar-refractivity contribution in [2.45, 2.75) is 19.1 Å². The van der Waals surface area contributed by atoms with Crippen molar-refractivity contribution in [3.63, 3.8) is 0 Å². The molecule has 0 unspecified atom stereocenters. The fourth-order valence-electron chi connectivity index (χ4n) is 1.72. The van der Waals surface area contributed by atoms with Crippen LogP contribution in [0.25, 0.3) is 0 Å². The molecule has 1 heterocycles. The molecule has 3 N–H and O–H groups in total. The zero-order valence-corrected chi connectivity index (χ0v) is 10.9. The molecular weight excluding hydrogens is 308 g/mol. The van der Waals surface area contributed by atoms with Gasteiger partial charge in [-0.25, -0.2) is 14.3 Å². The highest BCUT2D eigenvalue weighted by Crippen LogP contribution is 2.30. The summed E-state index contributed by atoms with van der Waals surface area (Å²) in [6.07, 6.45) is -4.93. The van der Waals surface area contributed by atoms with Gasteiger partial charge in [0.25, 0.3) is 0 Å². The molecule has 0 saturated carbocycles. The number of carbonyl (C=O) groups is 1. The van der Waals surface area contributed by atoms with E-state index in [4.69, 9.17) is 0 Å². The lowest BCUT2D eigenvalue weighted by Crippen LogP contribution is -2.25. The van der Waals surface area contributed by atoms with Gasteiger partial charge in [0.2, 0.25) is 5.91 Å². The van der Waals surface area contributed by atoms with Gasteiger partial charge in [0.1, 0.15) is 11.6 Å². The third-order valence-electron chi connectivity index (χ3n) is 2.65. The zero-order chi connectivity index (χ0) is 16.3. The quantitative estimate of drug-likeness (QED) is 0.738. The van der Waals surface area contributed by atoms with Gasteiger partial charge in [0.05, 0.1) is 12.0 Å². The number of rotatable bonds is 4. The molecule has 0 fully saturated rings. The van der Waals surface area contributed by atoms with Crippen molar-refractivity contribution in [3.05, 3.63) is 51.5 Å². The summed E-state index contributed by atoms with van der Waals surface area (Å²) in [5.41, 5.74) is -1.74. The summed E-state index contributed by atoms with van der Waals surface area (Å²) in [5, 5.41) is 7.89. The minimum absolute atomic E-state index is 0.0313. The van der Waals surface area contributed by atoms with Gasteiger partial charge >= 0.3 is 11.9 Å². The number of amides is 1. The first-order chi connectivity index (χ1) is 10.2. The molecule has 2 aromatic rings. The van der Waals surface area contributed by atoms with Crippen LogP contribution in [0.4, 0.5) is 17.6 Å². The van der Waals surface area contributed by atoms with Crippen LogP contribution in [0.2, 0.25) is 0 Å². The van der Waals surface area contributed by atoms with E-state index in [2.05, 4.69) is 20.5 Å². The number of hydrogen-bond donors (Lipinski definition) is 3. The normalized spacial score (nSPS) is 11.5. The van der Waals surface area contributed by atoms with Crippen LogP contribution in [0.5, 0.6) is 0 Å². The summed E-state index contributed by atoms with van der Waals surface area (Å²) in [5.74, 6) is -1.55. The van der Waals surface area contributed by atoms with E-state index in [0.29, 0.717) is 6.07 Å². The van der Waals surface area contributed by atoms with Gasteiger partial charge in [0.15, 0.2) is 0 Å². The highest BCUT2D eigenvalue weighted by Gasteiger charge is 2.31. The largest absolute Gasteiger partial charge is 0.416 e. The van der Waals surface area contributed by atoms with Crippen molar-refractivity contribution < 1.29 is 22.4 Å². The summed E-state index contributed by atoms with van der Waals surface area (Å²) in [7, 11) is 0. The Kier molecular flexibility index (Phi) is 4.29. The number of nitrogens with zero attached hydrogens (tertiary/aromatic N) is 1. The number of carbonyl (C=O) groups excluding carboxylic acids is 1. The topological polar surface area (TPSA) is 90.6 Å². The minimum atomic E-state index is -4.67. The van der Waals surface area contributed by atoms with Gasteiger partial charge in [0, 0.05) is 6.54 Å². The van der Waals surface area contributed by atoms with E-state index in [9.17, 15) is 27.2 Å². The van der Waals surface area contributed by atoms with E-state index >= 15 is 0 Å². The molecule has 10 heteroatoms. The number of aromatic nitrogens is 3. The average Bonchev–Trinajstić information content (AvgIpc) is 2.80. The van der Waals surface area contributed by atoms with E-state index in [1.807, 2.05) is 0 Å². The van der Waals surface area contributed by atoms with Gasteiger partial charge in [-0.05, 0) is 23.8 Å². The Labute approximate surface area is 120 Å². The molecular formula is C12H10F4N4O2. The Balaban J connectivity index is 2.00. The highest BCUT2D eigenvalue weighted by atomic mass is 19.4. The van der Waals surface area contributed by atoms with E-state index in [1.54, 1.807) is 0 Å². The summed E-state index contributed by atoms with van der Waals surface area (Å²) >= 11 is 0. The number of benzene rings is 1.